The van der Waals surface area contributed by atoms with E-state index in [9.17, 15) is 10.1 Å². The number of hydrogen-bond donors (Lipinski definition) is 0. The minimum atomic E-state index is -0.420. The van der Waals surface area contributed by atoms with Crippen molar-refractivity contribution < 1.29 is 14.4 Å². The molecule has 0 saturated heterocycles. The fraction of sp³-hybridized carbons (Fsp3) is 0.118. The Morgan fingerprint density at radius 2 is 1.87 bits per heavy atom. The Hall–Kier alpha value is -3.15. The van der Waals surface area contributed by atoms with Crippen LogP contribution in [0.1, 0.15) is 0 Å². The highest BCUT2D eigenvalue weighted by molar-refractivity contribution is 5.88. The number of methoxy groups -OCH3 is 2. The summed E-state index contributed by atoms with van der Waals surface area (Å²) in [6.07, 6.45) is 0. The molecular weight excluding hydrogens is 296 g/mol. The highest BCUT2D eigenvalue weighted by atomic mass is 16.6. The second-order valence-corrected chi connectivity index (χ2v) is 4.90. The molecule has 3 aromatic rings. The number of hydrogen-bond acceptors (Lipinski definition) is 5. The Labute approximate surface area is 132 Å². The van der Waals surface area contributed by atoms with Gasteiger partial charge in [-0.05, 0) is 12.1 Å². The third-order valence-electron chi connectivity index (χ3n) is 3.55. The molecule has 3 rings (SSSR count). The Kier molecular flexibility index (Phi) is 3.80. The Balaban J connectivity index is 2.16. The maximum Gasteiger partial charge on any atom is 0.270 e. The Morgan fingerprint density at radius 3 is 2.57 bits per heavy atom. The van der Waals surface area contributed by atoms with Gasteiger partial charge >= 0.3 is 0 Å². The average Bonchev–Trinajstić information content (AvgIpc) is 2.60. The number of nitro benzene ring substituents is 1. The van der Waals surface area contributed by atoms with Crippen LogP contribution in [0.5, 0.6) is 11.5 Å². The summed E-state index contributed by atoms with van der Waals surface area (Å²) in [6, 6.07) is 13.7. The van der Waals surface area contributed by atoms with Crippen LogP contribution in [0.3, 0.4) is 0 Å². The molecule has 0 saturated carbocycles. The lowest BCUT2D eigenvalue weighted by Gasteiger charge is -2.09. The number of nitro groups is 1. The predicted octanol–water partition coefficient (Wildman–Crippen LogP) is 3.83. The second-order valence-electron chi connectivity index (χ2n) is 4.90. The number of fused-ring (bicyclic) bond motifs is 1. The van der Waals surface area contributed by atoms with Crippen LogP contribution in [-0.2, 0) is 0 Å². The van der Waals surface area contributed by atoms with E-state index in [4.69, 9.17) is 9.47 Å². The van der Waals surface area contributed by atoms with Gasteiger partial charge < -0.3 is 9.47 Å². The molecule has 116 valence electrons. The first kappa shape index (κ1) is 14.8. The van der Waals surface area contributed by atoms with Crippen molar-refractivity contribution in [3.63, 3.8) is 0 Å². The molecule has 0 aliphatic carbocycles. The van der Waals surface area contributed by atoms with Crippen molar-refractivity contribution in [1.82, 2.24) is 4.98 Å². The molecule has 0 N–H and O–H groups in total. The van der Waals surface area contributed by atoms with Crippen molar-refractivity contribution in [2.24, 2.45) is 0 Å². The van der Waals surface area contributed by atoms with Gasteiger partial charge in [0.2, 0.25) is 0 Å². The summed E-state index contributed by atoms with van der Waals surface area (Å²) in [4.78, 5) is 15.1. The molecule has 0 amide bonds. The molecule has 0 unspecified atom stereocenters. The summed E-state index contributed by atoms with van der Waals surface area (Å²) >= 11 is 0. The van der Waals surface area contributed by atoms with Crippen LogP contribution in [0.2, 0.25) is 0 Å². The SMILES string of the molecule is COc1cc(OC)c2ccc(-c3cccc([N+](=O)[O-])c3)nc2c1. The molecule has 2 aromatic carbocycles. The molecular formula is C17H14N2O4. The monoisotopic (exact) mass is 310 g/mol. The van der Waals surface area contributed by atoms with Crippen molar-refractivity contribution >= 4 is 16.6 Å². The summed E-state index contributed by atoms with van der Waals surface area (Å²) in [7, 11) is 3.16. The molecule has 0 atom stereocenters. The average molecular weight is 310 g/mol. The number of pyridine rings is 1. The zero-order chi connectivity index (χ0) is 16.4. The van der Waals surface area contributed by atoms with Gasteiger partial charge in [-0.15, -0.1) is 0 Å². The minimum absolute atomic E-state index is 0.0348. The van der Waals surface area contributed by atoms with Gasteiger partial charge in [-0.25, -0.2) is 4.98 Å². The van der Waals surface area contributed by atoms with Crippen molar-refractivity contribution in [3.8, 4) is 22.8 Å². The van der Waals surface area contributed by atoms with E-state index < -0.39 is 4.92 Å². The van der Waals surface area contributed by atoms with E-state index in [1.807, 2.05) is 12.1 Å². The number of rotatable bonds is 4. The summed E-state index contributed by atoms with van der Waals surface area (Å²) in [5.74, 6) is 1.30. The lowest BCUT2D eigenvalue weighted by atomic mass is 10.1. The first-order valence-electron chi connectivity index (χ1n) is 6.90. The molecule has 0 aliphatic heterocycles. The van der Waals surface area contributed by atoms with Gasteiger partial charge in [-0.3, -0.25) is 10.1 Å². The van der Waals surface area contributed by atoms with Crippen molar-refractivity contribution in [1.29, 1.82) is 0 Å². The Morgan fingerprint density at radius 1 is 1.04 bits per heavy atom. The lowest BCUT2D eigenvalue weighted by molar-refractivity contribution is -0.384. The molecule has 0 spiro atoms. The maximum absolute atomic E-state index is 10.9. The molecule has 0 radical (unpaired) electrons. The molecule has 0 bridgehead atoms. The van der Waals surface area contributed by atoms with Gasteiger partial charge in [0.05, 0.1) is 30.4 Å². The van der Waals surface area contributed by atoms with E-state index in [1.165, 1.54) is 12.1 Å². The summed E-state index contributed by atoms with van der Waals surface area (Å²) in [5, 5.41) is 11.8. The van der Waals surface area contributed by atoms with Crippen molar-refractivity contribution in [2.75, 3.05) is 14.2 Å². The molecule has 23 heavy (non-hydrogen) atoms. The molecule has 6 heteroatoms. The van der Waals surface area contributed by atoms with E-state index in [1.54, 1.807) is 38.5 Å². The fourth-order valence-electron chi connectivity index (χ4n) is 2.40. The minimum Gasteiger partial charge on any atom is -0.497 e. The van der Waals surface area contributed by atoms with Crippen LogP contribution in [0.25, 0.3) is 22.2 Å². The maximum atomic E-state index is 10.9. The zero-order valence-corrected chi connectivity index (χ0v) is 12.6. The van der Waals surface area contributed by atoms with Crippen molar-refractivity contribution in [3.05, 3.63) is 58.6 Å². The zero-order valence-electron chi connectivity index (χ0n) is 12.6. The quantitative estimate of drug-likeness (QED) is 0.541. The van der Waals surface area contributed by atoms with E-state index in [2.05, 4.69) is 4.98 Å². The smallest absolute Gasteiger partial charge is 0.270 e. The summed E-state index contributed by atoms with van der Waals surface area (Å²) in [5.41, 5.74) is 2.07. The highest BCUT2D eigenvalue weighted by Crippen LogP contribution is 2.32. The predicted molar refractivity (Wildman–Crippen MR) is 86.9 cm³/mol. The largest absolute Gasteiger partial charge is 0.497 e. The summed E-state index contributed by atoms with van der Waals surface area (Å²) < 4.78 is 10.6. The van der Waals surface area contributed by atoms with Gasteiger partial charge in [-0.1, -0.05) is 12.1 Å². The second kappa shape index (κ2) is 5.92. The Bertz CT molecular complexity index is 893. The van der Waals surface area contributed by atoms with Crippen molar-refractivity contribution in [2.45, 2.75) is 0 Å². The third-order valence-corrected chi connectivity index (χ3v) is 3.55. The van der Waals surface area contributed by atoms with Crippen LogP contribution >= 0.6 is 0 Å². The van der Waals surface area contributed by atoms with Gasteiger partial charge in [0, 0.05) is 35.2 Å². The van der Waals surface area contributed by atoms with Crippen LogP contribution in [0.4, 0.5) is 5.69 Å². The van der Waals surface area contributed by atoms with Gasteiger partial charge in [0.1, 0.15) is 11.5 Å². The van der Waals surface area contributed by atoms with E-state index in [-0.39, 0.29) is 5.69 Å². The first-order chi connectivity index (χ1) is 11.1. The third kappa shape index (κ3) is 2.78. The standard InChI is InChI=1S/C17H14N2O4/c1-22-13-9-16-14(17(10-13)23-2)6-7-15(18-16)11-4-3-5-12(8-11)19(20)21/h3-10H,1-2H3. The normalized spacial score (nSPS) is 10.5. The molecule has 0 fully saturated rings. The van der Waals surface area contributed by atoms with Crippen LogP contribution in [0, 0.1) is 10.1 Å². The first-order valence-corrected chi connectivity index (χ1v) is 6.90. The van der Waals surface area contributed by atoms with E-state index in [0.717, 1.165) is 5.39 Å². The van der Waals surface area contributed by atoms with Crippen LogP contribution < -0.4 is 9.47 Å². The highest BCUT2D eigenvalue weighted by Gasteiger charge is 2.11. The van der Waals surface area contributed by atoms with Gasteiger partial charge in [0.25, 0.3) is 5.69 Å². The molecule has 1 heterocycles. The number of aromatic nitrogens is 1. The van der Waals surface area contributed by atoms with Crippen LogP contribution in [0.15, 0.2) is 48.5 Å². The molecule has 6 nitrogen and oxygen atoms in total. The van der Waals surface area contributed by atoms with E-state index >= 15 is 0 Å². The number of ether oxygens (including phenoxy) is 2. The number of nitrogens with zero attached hydrogens (tertiary/aromatic N) is 2. The number of benzene rings is 2. The molecule has 1 aromatic heterocycles. The van der Waals surface area contributed by atoms with Gasteiger partial charge in [-0.2, -0.15) is 0 Å². The topological polar surface area (TPSA) is 74.5 Å². The molecule has 0 aliphatic rings. The van der Waals surface area contributed by atoms with Gasteiger partial charge in [0.15, 0.2) is 0 Å². The lowest BCUT2D eigenvalue weighted by Crippen LogP contribution is -1.93. The number of non-ortho nitro benzene ring substituents is 1. The summed E-state index contributed by atoms with van der Waals surface area (Å²) in [6.45, 7) is 0. The fourth-order valence-corrected chi connectivity index (χ4v) is 2.40. The van der Waals surface area contributed by atoms with E-state index in [0.29, 0.717) is 28.3 Å². The van der Waals surface area contributed by atoms with Crippen LogP contribution in [-0.4, -0.2) is 24.1 Å².